The van der Waals surface area contributed by atoms with Gasteiger partial charge in [-0.1, -0.05) is 36.4 Å². The first-order valence-electron chi connectivity index (χ1n) is 9.32. The summed E-state index contributed by atoms with van der Waals surface area (Å²) in [4.78, 5) is 3.93. The summed E-state index contributed by atoms with van der Waals surface area (Å²) in [5.41, 5.74) is 1.24. The van der Waals surface area contributed by atoms with Crippen molar-refractivity contribution in [2.75, 3.05) is 0 Å². The van der Waals surface area contributed by atoms with Gasteiger partial charge in [0.25, 0.3) is 0 Å². The van der Waals surface area contributed by atoms with E-state index in [0.717, 1.165) is 5.75 Å². The third-order valence-corrected chi connectivity index (χ3v) is 9.28. The molecule has 0 saturated carbocycles. The van der Waals surface area contributed by atoms with Gasteiger partial charge in [0, 0.05) is 16.3 Å². The van der Waals surface area contributed by atoms with Gasteiger partial charge in [0.05, 0.1) is 10.9 Å². The van der Waals surface area contributed by atoms with Gasteiger partial charge in [-0.05, 0) is 128 Å². The first-order valence-corrected chi connectivity index (χ1v) is 13.8. The van der Waals surface area contributed by atoms with Crippen LogP contribution in [0.25, 0.3) is 0 Å². The van der Waals surface area contributed by atoms with Gasteiger partial charge in [-0.2, -0.15) is 0 Å². The minimum atomic E-state index is -0.132. The maximum atomic E-state index is 6.13. The molecule has 0 N–H and O–H groups in total. The van der Waals surface area contributed by atoms with E-state index in [1.54, 1.807) is 0 Å². The van der Waals surface area contributed by atoms with Gasteiger partial charge in [-0.3, -0.25) is 0 Å². The summed E-state index contributed by atoms with van der Waals surface area (Å²) >= 11 is 7.14. The fourth-order valence-corrected chi connectivity index (χ4v) is 9.04. The molecule has 150 valence electrons. The predicted octanol–water partition coefficient (Wildman–Crippen LogP) is 8.17. The molecule has 4 aromatic carbocycles. The van der Waals surface area contributed by atoms with Crippen LogP contribution in [0.2, 0.25) is 0 Å². The summed E-state index contributed by atoms with van der Waals surface area (Å²) in [7, 11) is -0.132. The van der Waals surface area contributed by atoms with Crippen molar-refractivity contribution >= 4 is 78.7 Å². The van der Waals surface area contributed by atoms with Crippen LogP contribution in [0.4, 0.5) is 0 Å². The van der Waals surface area contributed by atoms with Crippen molar-refractivity contribution in [2.45, 2.75) is 21.3 Å². The van der Waals surface area contributed by atoms with E-state index in [1.165, 1.54) is 31.0 Å². The van der Waals surface area contributed by atoms with Gasteiger partial charge in [0.2, 0.25) is 0 Å². The van der Waals surface area contributed by atoms with E-state index in [-0.39, 0.29) is 10.9 Å². The monoisotopic (exact) mass is 747 g/mol. The molecule has 0 aliphatic heterocycles. The zero-order valence-electron chi connectivity index (χ0n) is 15.9. The molecule has 30 heavy (non-hydrogen) atoms. The molecule has 0 spiro atoms. The van der Waals surface area contributed by atoms with Gasteiger partial charge in [0.15, 0.2) is 14.7 Å². The Morgan fingerprint density at radius 1 is 0.600 bits per heavy atom. The average molecular weight is 747 g/mol. The molecule has 4 aromatic rings. The van der Waals surface area contributed by atoms with Crippen LogP contribution in [-0.2, 0) is 17.5 Å². The Balaban J connectivity index is 1.57. The standard InChI is InChI=1S/C25H18I3OS/c26-18-15-24(27)23(25(28)16-18)17-29-19-11-13-22(14-12-19)30(20-7-3-1-4-8-20)21-9-5-2-6-10-21/h1-16H,17H2/q+1. The van der Waals surface area contributed by atoms with Gasteiger partial charge >= 0.3 is 0 Å². The number of halogens is 3. The van der Waals surface area contributed by atoms with Crippen molar-refractivity contribution in [3.8, 4) is 5.75 Å². The summed E-state index contributed by atoms with van der Waals surface area (Å²) < 4.78 is 9.88. The van der Waals surface area contributed by atoms with Crippen LogP contribution in [0.3, 0.4) is 0 Å². The Kier molecular flexibility index (Phi) is 7.99. The number of hydrogen-bond donors (Lipinski definition) is 0. The second-order valence-corrected chi connectivity index (χ2v) is 12.1. The lowest BCUT2D eigenvalue weighted by molar-refractivity contribution is 0.304. The van der Waals surface area contributed by atoms with E-state index >= 15 is 0 Å². The van der Waals surface area contributed by atoms with Crippen molar-refractivity contribution in [3.63, 3.8) is 0 Å². The van der Waals surface area contributed by atoms with Crippen molar-refractivity contribution in [2.24, 2.45) is 0 Å². The highest BCUT2D eigenvalue weighted by Crippen LogP contribution is 2.32. The van der Waals surface area contributed by atoms with Crippen molar-refractivity contribution in [1.82, 2.24) is 0 Å². The molecule has 0 amide bonds. The fraction of sp³-hybridized carbons (Fsp3) is 0.0400. The second-order valence-electron chi connectivity index (χ2n) is 6.54. The Morgan fingerprint density at radius 2 is 1.07 bits per heavy atom. The predicted molar refractivity (Wildman–Crippen MR) is 150 cm³/mol. The molecule has 0 atom stereocenters. The molecular formula is C25H18I3OS+. The second kappa shape index (κ2) is 10.7. The van der Waals surface area contributed by atoms with Gasteiger partial charge < -0.3 is 4.74 Å². The first kappa shape index (κ1) is 22.4. The zero-order valence-corrected chi connectivity index (χ0v) is 23.2. The van der Waals surface area contributed by atoms with E-state index in [2.05, 4.69) is 165 Å². The Hall–Kier alpha value is -0.780. The molecule has 1 nitrogen and oxygen atoms in total. The topological polar surface area (TPSA) is 9.23 Å². The van der Waals surface area contributed by atoms with Gasteiger partial charge in [0.1, 0.15) is 12.4 Å². The third kappa shape index (κ3) is 5.52. The Labute approximate surface area is 221 Å². The first-order chi connectivity index (χ1) is 14.6. The number of hydrogen-bond acceptors (Lipinski definition) is 1. The molecule has 4 rings (SSSR count). The molecule has 0 radical (unpaired) electrons. The van der Waals surface area contributed by atoms with E-state index in [1.807, 2.05) is 0 Å². The summed E-state index contributed by atoms with van der Waals surface area (Å²) in [6.45, 7) is 0.579. The molecule has 0 fully saturated rings. The van der Waals surface area contributed by atoms with E-state index in [9.17, 15) is 0 Å². The summed E-state index contributed by atoms with van der Waals surface area (Å²) in [5.74, 6) is 0.897. The zero-order chi connectivity index (χ0) is 20.9. The fourth-order valence-electron chi connectivity index (χ4n) is 3.06. The normalized spacial score (nSPS) is 10.9. The smallest absolute Gasteiger partial charge is 0.166 e. The maximum absolute atomic E-state index is 6.13. The molecule has 0 heterocycles. The quantitative estimate of drug-likeness (QED) is 0.143. The van der Waals surface area contributed by atoms with Crippen LogP contribution in [-0.4, -0.2) is 0 Å². The Bertz CT molecular complexity index is 1050. The highest BCUT2D eigenvalue weighted by atomic mass is 127. The summed E-state index contributed by atoms with van der Waals surface area (Å²) in [6.07, 6.45) is 0. The minimum Gasteiger partial charge on any atom is -0.489 e. The molecule has 0 aromatic heterocycles. The SMILES string of the molecule is Ic1cc(I)c(COc2ccc([S+](c3ccccc3)c3ccccc3)cc2)c(I)c1. The lowest BCUT2D eigenvalue weighted by atomic mass is 10.2. The highest BCUT2D eigenvalue weighted by molar-refractivity contribution is 14.1. The lowest BCUT2D eigenvalue weighted by Crippen LogP contribution is -2.05. The van der Waals surface area contributed by atoms with Crippen LogP contribution in [0.15, 0.2) is 112 Å². The molecule has 0 aliphatic carbocycles. The van der Waals surface area contributed by atoms with E-state index in [4.69, 9.17) is 4.74 Å². The largest absolute Gasteiger partial charge is 0.489 e. The van der Waals surface area contributed by atoms with Crippen LogP contribution in [0.1, 0.15) is 5.56 Å². The molecule has 0 aliphatic rings. The van der Waals surface area contributed by atoms with E-state index < -0.39 is 0 Å². The lowest BCUT2D eigenvalue weighted by Gasteiger charge is -2.12. The number of benzene rings is 4. The molecule has 0 bridgehead atoms. The number of rotatable bonds is 6. The summed E-state index contributed by atoms with van der Waals surface area (Å²) in [5, 5.41) is 0. The van der Waals surface area contributed by atoms with Crippen molar-refractivity contribution in [1.29, 1.82) is 0 Å². The number of ether oxygens (including phenoxy) is 1. The van der Waals surface area contributed by atoms with Crippen LogP contribution in [0.5, 0.6) is 5.75 Å². The minimum absolute atomic E-state index is 0.132. The molecule has 5 heteroatoms. The Morgan fingerprint density at radius 3 is 1.57 bits per heavy atom. The average Bonchev–Trinajstić information content (AvgIpc) is 2.76. The molecule has 0 saturated heterocycles. The molecular weight excluding hydrogens is 729 g/mol. The third-order valence-electron chi connectivity index (χ3n) is 4.51. The summed E-state index contributed by atoms with van der Waals surface area (Å²) in [6, 6.07) is 34.4. The van der Waals surface area contributed by atoms with Crippen LogP contribution in [0, 0.1) is 10.7 Å². The van der Waals surface area contributed by atoms with Crippen molar-refractivity contribution in [3.05, 3.63) is 113 Å². The van der Waals surface area contributed by atoms with Crippen LogP contribution >= 0.6 is 67.8 Å². The van der Waals surface area contributed by atoms with Crippen LogP contribution < -0.4 is 4.74 Å². The van der Waals surface area contributed by atoms with Gasteiger partial charge in [-0.25, -0.2) is 0 Å². The van der Waals surface area contributed by atoms with E-state index in [0.29, 0.717) is 6.61 Å². The maximum Gasteiger partial charge on any atom is 0.166 e. The van der Waals surface area contributed by atoms with Gasteiger partial charge in [-0.15, -0.1) is 0 Å². The highest BCUT2D eigenvalue weighted by Gasteiger charge is 2.28. The van der Waals surface area contributed by atoms with Crippen molar-refractivity contribution < 1.29 is 4.74 Å². The molecule has 0 unspecified atom stereocenters.